The van der Waals surface area contributed by atoms with Crippen LogP contribution >= 0.6 is 11.3 Å². The van der Waals surface area contributed by atoms with Crippen LogP contribution in [0.15, 0.2) is 6.20 Å². The minimum Gasteiger partial charge on any atom is -0.309 e. The lowest BCUT2D eigenvalue weighted by Crippen LogP contribution is -2.28. The Morgan fingerprint density at radius 3 is 2.56 bits per heavy atom. The molecule has 0 atom stereocenters. The zero-order valence-corrected chi connectivity index (χ0v) is 11.0. The van der Waals surface area contributed by atoms with Gasteiger partial charge in [-0.3, -0.25) is 0 Å². The predicted molar refractivity (Wildman–Crippen MR) is 69.8 cm³/mol. The predicted octanol–water partition coefficient (Wildman–Crippen LogP) is 3.65. The summed E-state index contributed by atoms with van der Waals surface area (Å²) in [7, 11) is 0. The molecule has 0 unspecified atom stereocenters. The Morgan fingerprint density at radius 1 is 1.25 bits per heavy atom. The van der Waals surface area contributed by atoms with E-state index in [1.165, 1.54) is 54.8 Å². The van der Waals surface area contributed by atoms with Gasteiger partial charge in [0.1, 0.15) is 0 Å². The van der Waals surface area contributed by atoms with Gasteiger partial charge in [-0.25, -0.2) is 4.98 Å². The van der Waals surface area contributed by atoms with Gasteiger partial charge in [-0.15, -0.1) is 11.3 Å². The van der Waals surface area contributed by atoms with Crippen molar-refractivity contribution in [2.24, 2.45) is 0 Å². The summed E-state index contributed by atoms with van der Waals surface area (Å²) < 4.78 is 0. The molecule has 0 spiro atoms. The lowest BCUT2D eigenvalue weighted by Gasteiger charge is -2.20. The summed E-state index contributed by atoms with van der Waals surface area (Å²) in [5.41, 5.74) is 0. The fraction of sp³-hybridized carbons (Fsp3) is 0.769. The van der Waals surface area contributed by atoms with E-state index in [-0.39, 0.29) is 0 Å². The first-order chi connectivity index (χ1) is 7.84. The molecule has 0 bridgehead atoms. The Morgan fingerprint density at radius 2 is 1.94 bits per heavy atom. The number of rotatable bonds is 3. The molecule has 1 aromatic heterocycles. The van der Waals surface area contributed by atoms with E-state index >= 15 is 0 Å². The third-order valence-corrected chi connectivity index (χ3v) is 4.25. The van der Waals surface area contributed by atoms with Crippen LogP contribution in [0, 0.1) is 6.92 Å². The molecular weight excluding hydrogens is 216 g/mol. The number of nitrogens with one attached hydrogen (secondary N) is 1. The number of hydrogen-bond donors (Lipinski definition) is 1. The summed E-state index contributed by atoms with van der Waals surface area (Å²) in [5.74, 6) is 0. The molecule has 1 aromatic rings. The largest absolute Gasteiger partial charge is 0.309 e. The summed E-state index contributed by atoms with van der Waals surface area (Å²) in [6.07, 6.45) is 11.8. The van der Waals surface area contributed by atoms with Crippen LogP contribution in [0.25, 0.3) is 0 Å². The van der Waals surface area contributed by atoms with Gasteiger partial charge in [0.15, 0.2) is 0 Å². The van der Waals surface area contributed by atoms with Gasteiger partial charge in [0.2, 0.25) is 0 Å². The minimum absolute atomic E-state index is 0.739. The van der Waals surface area contributed by atoms with Crippen molar-refractivity contribution in [3.8, 4) is 0 Å². The highest BCUT2D eigenvalue weighted by atomic mass is 32.1. The number of nitrogens with zero attached hydrogens (tertiary/aromatic N) is 1. The molecule has 16 heavy (non-hydrogen) atoms. The Hall–Kier alpha value is -0.410. The van der Waals surface area contributed by atoms with E-state index in [2.05, 4.69) is 17.2 Å². The Labute approximate surface area is 102 Å². The van der Waals surface area contributed by atoms with Gasteiger partial charge in [0.25, 0.3) is 0 Å². The summed E-state index contributed by atoms with van der Waals surface area (Å²) in [6, 6.07) is 0.739. The molecule has 0 aromatic carbocycles. The summed E-state index contributed by atoms with van der Waals surface area (Å²) >= 11 is 1.81. The van der Waals surface area contributed by atoms with E-state index in [0.717, 1.165) is 12.6 Å². The average Bonchev–Trinajstić information content (AvgIpc) is 2.63. The molecule has 1 aliphatic rings. The zero-order chi connectivity index (χ0) is 11.2. The summed E-state index contributed by atoms with van der Waals surface area (Å²) in [4.78, 5) is 5.67. The normalized spacial score (nSPS) is 19.3. The van der Waals surface area contributed by atoms with Gasteiger partial charge in [0, 0.05) is 23.7 Å². The van der Waals surface area contributed by atoms with Crippen LogP contribution in [0.2, 0.25) is 0 Å². The molecule has 1 N–H and O–H groups in total. The molecule has 1 fully saturated rings. The maximum Gasteiger partial charge on any atom is 0.0897 e. The van der Waals surface area contributed by atoms with Gasteiger partial charge in [-0.05, 0) is 19.8 Å². The van der Waals surface area contributed by atoms with Crippen LogP contribution in [-0.2, 0) is 6.54 Å². The number of aryl methyl sites for hydroxylation is 1. The first-order valence-electron chi connectivity index (χ1n) is 6.49. The summed E-state index contributed by atoms with van der Waals surface area (Å²) in [6.45, 7) is 3.08. The van der Waals surface area contributed by atoms with E-state index in [1.54, 1.807) is 0 Å². The van der Waals surface area contributed by atoms with Crippen LogP contribution < -0.4 is 5.32 Å². The average molecular weight is 238 g/mol. The molecule has 0 amide bonds. The first kappa shape index (κ1) is 12.1. The fourth-order valence-electron chi connectivity index (χ4n) is 2.39. The number of aromatic nitrogens is 1. The Kier molecular flexibility index (Phi) is 4.79. The number of hydrogen-bond acceptors (Lipinski definition) is 3. The molecule has 2 rings (SSSR count). The van der Waals surface area contributed by atoms with Crippen molar-refractivity contribution in [1.82, 2.24) is 10.3 Å². The van der Waals surface area contributed by atoms with Crippen molar-refractivity contribution in [2.75, 3.05) is 0 Å². The van der Waals surface area contributed by atoms with Gasteiger partial charge in [0.05, 0.1) is 5.01 Å². The standard InChI is InChI=1S/C13H22N2S/c1-11-14-9-13(16-11)10-15-12-7-5-3-2-4-6-8-12/h9,12,15H,2-8,10H2,1H3. The molecule has 0 radical (unpaired) electrons. The third-order valence-electron chi connectivity index (χ3n) is 3.34. The van der Waals surface area contributed by atoms with Crippen LogP contribution in [0.4, 0.5) is 0 Å². The van der Waals surface area contributed by atoms with E-state index in [1.807, 2.05) is 17.5 Å². The highest BCUT2D eigenvalue weighted by Gasteiger charge is 2.10. The maximum absolute atomic E-state index is 4.29. The highest BCUT2D eigenvalue weighted by Crippen LogP contribution is 2.18. The lowest BCUT2D eigenvalue weighted by molar-refractivity contribution is 0.390. The molecule has 1 saturated carbocycles. The van der Waals surface area contributed by atoms with Crippen LogP contribution in [0.1, 0.15) is 54.8 Å². The van der Waals surface area contributed by atoms with E-state index in [0.29, 0.717) is 0 Å². The third kappa shape index (κ3) is 3.87. The van der Waals surface area contributed by atoms with Crippen LogP contribution in [0.5, 0.6) is 0 Å². The fourth-order valence-corrected chi connectivity index (χ4v) is 3.14. The first-order valence-corrected chi connectivity index (χ1v) is 7.31. The van der Waals surface area contributed by atoms with Crippen LogP contribution in [-0.4, -0.2) is 11.0 Å². The highest BCUT2D eigenvalue weighted by molar-refractivity contribution is 7.11. The Bertz CT molecular complexity index is 301. The van der Waals surface area contributed by atoms with Crippen LogP contribution in [0.3, 0.4) is 0 Å². The molecule has 1 heterocycles. The smallest absolute Gasteiger partial charge is 0.0897 e. The SMILES string of the molecule is Cc1ncc(CNC2CCCCCCC2)s1. The van der Waals surface area contributed by atoms with Crippen molar-refractivity contribution in [2.45, 2.75) is 64.5 Å². The molecule has 3 heteroatoms. The second-order valence-corrected chi connectivity index (χ2v) is 6.09. The summed E-state index contributed by atoms with van der Waals surface area (Å²) in [5, 5.41) is 4.86. The maximum atomic E-state index is 4.29. The molecular formula is C13H22N2S. The number of thiazole rings is 1. The molecule has 0 saturated heterocycles. The topological polar surface area (TPSA) is 24.9 Å². The van der Waals surface area contributed by atoms with Gasteiger partial charge in [-0.2, -0.15) is 0 Å². The zero-order valence-electron chi connectivity index (χ0n) is 10.2. The molecule has 2 nitrogen and oxygen atoms in total. The van der Waals surface area contributed by atoms with Crippen molar-refractivity contribution < 1.29 is 0 Å². The molecule has 90 valence electrons. The second kappa shape index (κ2) is 6.36. The quantitative estimate of drug-likeness (QED) is 0.869. The Balaban J connectivity index is 1.75. The van der Waals surface area contributed by atoms with Crippen molar-refractivity contribution in [3.05, 3.63) is 16.1 Å². The lowest BCUT2D eigenvalue weighted by atomic mass is 9.97. The second-order valence-electron chi connectivity index (χ2n) is 4.77. The van der Waals surface area contributed by atoms with Crippen molar-refractivity contribution >= 4 is 11.3 Å². The van der Waals surface area contributed by atoms with E-state index in [4.69, 9.17) is 0 Å². The monoisotopic (exact) mass is 238 g/mol. The van der Waals surface area contributed by atoms with Gasteiger partial charge < -0.3 is 5.32 Å². The van der Waals surface area contributed by atoms with Gasteiger partial charge >= 0.3 is 0 Å². The minimum atomic E-state index is 0.739. The molecule has 0 aliphatic heterocycles. The van der Waals surface area contributed by atoms with Crippen molar-refractivity contribution in [3.63, 3.8) is 0 Å². The van der Waals surface area contributed by atoms with Crippen molar-refractivity contribution in [1.29, 1.82) is 0 Å². The van der Waals surface area contributed by atoms with E-state index in [9.17, 15) is 0 Å². The van der Waals surface area contributed by atoms with E-state index < -0.39 is 0 Å². The van der Waals surface area contributed by atoms with Gasteiger partial charge in [-0.1, -0.05) is 32.1 Å². The molecule has 1 aliphatic carbocycles.